The zero-order chi connectivity index (χ0) is 14.2. The maximum Gasteiger partial charge on any atom is 0.422 e. The molecule has 0 radical (unpaired) electrons. The highest BCUT2D eigenvalue weighted by molar-refractivity contribution is 9.10. The van der Waals surface area contributed by atoms with E-state index in [1.807, 2.05) is 0 Å². The number of benzene rings is 1. The summed E-state index contributed by atoms with van der Waals surface area (Å²) < 4.78 is 65.2. The molecule has 1 aromatic carbocycles. The lowest BCUT2D eigenvalue weighted by Gasteiger charge is -2.12. The predicted octanol–water partition coefficient (Wildman–Crippen LogP) is 4.81. The second kappa shape index (κ2) is 4.88. The predicted molar refractivity (Wildman–Crippen MR) is 62.3 cm³/mol. The molecule has 0 saturated heterocycles. The first kappa shape index (κ1) is 13.9. The van der Waals surface area contributed by atoms with Crippen molar-refractivity contribution in [3.05, 3.63) is 52.1 Å². The van der Waals surface area contributed by atoms with E-state index in [1.54, 1.807) is 0 Å². The number of halogens is 6. The van der Waals surface area contributed by atoms with E-state index in [2.05, 4.69) is 20.9 Å². The summed E-state index contributed by atoms with van der Waals surface area (Å²) in [5.74, 6) is -3.32. The molecule has 100 valence electrons. The van der Waals surface area contributed by atoms with Crippen molar-refractivity contribution in [2.24, 2.45) is 0 Å². The molecule has 0 amide bonds. The van der Waals surface area contributed by atoms with E-state index >= 15 is 0 Å². The molecule has 0 aliphatic carbocycles. The van der Waals surface area contributed by atoms with Crippen molar-refractivity contribution in [2.45, 2.75) is 6.18 Å². The number of rotatable bonds is 1. The Morgan fingerprint density at radius 3 is 2.32 bits per heavy atom. The zero-order valence-corrected chi connectivity index (χ0v) is 10.7. The van der Waals surface area contributed by atoms with Crippen LogP contribution in [0.3, 0.4) is 0 Å². The molecule has 0 N–H and O–H groups in total. The summed E-state index contributed by atoms with van der Waals surface area (Å²) in [6.07, 6.45) is -3.80. The maximum absolute atomic E-state index is 13.8. The topological polar surface area (TPSA) is 12.9 Å². The second-order valence-electron chi connectivity index (χ2n) is 3.64. The van der Waals surface area contributed by atoms with Gasteiger partial charge in [0.1, 0.15) is 17.2 Å². The Balaban J connectivity index is 2.67. The Bertz CT molecular complexity index is 624. The molecule has 0 aliphatic rings. The van der Waals surface area contributed by atoms with Crippen molar-refractivity contribution in [3.8, 4) is 11.3 Å². The van der Waals surface area contributed by atoms with Gasteiger partial charge in [-0.05, 0) is 24.3 Å². The molecule has 19 heavy (non-hydrogen) atoms. The minimum atomic E-state index is -5.10. The average molecular weight is 338 g/mol. The summed E-state index contributed by atoms with van der Waals surface area (Å²) in [7, 11) is 0. The number of nitrogens with zero attached hydrogens (tertiary/aromatic N) is 1. The molecular formula is C12H5BrF5N. The fourth-order valence-corrected chi connectivity index (χ4v) is 1.90. The van der Waals surface area contributed by atoms with Gasteiger partial charge in [0, 0.05) is 16.2 Å². The lowest BCUT2D eigenvalue weighted by atomic mass is 10.1. The third kappa shape index (κ3) is 2.75. The quantitative estimate of drug-likeness (QED) is 0.680. The van der Waals surface area contributed by atoms with Crippen LogP contribution < -0.4 is 0 Å². The number of aromatic nitrogens is 1. The molecule has 1 aromatic heterocycles. The van der Waals surface area contributed by atoms with Gasteiger partial charge in [-0.3, -0.25) is 4.98 Å². The third-order valence-electron chi connectivity index (χ3n) is 2.37. The van der Waals surface area contributed by atoms with E-state index in [1.165, 1.54) is 18.3 Å². The van der Waals surface area contributed by atoms with E-state index in [0.29, 0.717) is 10.5 Å². The molecule has 0 saturated carbocycles. The molecular weight excluding hydrogens is 333 g/mol. The smallest absolute Gasteiger partial charge is 0.256 e. The number of pyridine rings is 1. The zero-order valence-electron chi connectivity index (χ0n) is 9.10. The van der Waals surface area contributed by atoms with Gasteiger partial charge in [-0.2, -0.15) is 13.2 Å². The molecule has 0 aliphatic heterocycles. The first-order valence-corrected chi connectivity index (χ1v) is 5.77. The van der Waals surface area contributed by atoms with Crippen LogP contribution in [-0.4, -0.2) is 4.98 Å². The fourth-order valence-electron chi connectivity index (χ4n) is 1.56. The summed E-state index contributed by atoms with van der Waals surface area (Å²) >= 11 is 3.10. The van der Waals surface area contributed by atoms with Crippen LogP contribution in [0, 0.1) is 11.6 Å². The Labute approximate surface area is 113 Å². The van der Waals surface area contributed by atoms with Crippen LogP contribution >= 0.6 is 15.9 Å². The summed E-state index contributed by atoms with van der Waals surface area (Å²) in [5, 5.41) is 0. The van der Waals surface area contributed by atoms with Gasteiger partial charge in [-0.1, -0.05) is 15.9 Å². The van der Waals surface area contributed by atoms with Crippen molar-refractivity contribution in [1.82, 2.24) is 4.98 Å². The molecule has 2 aromatic rings. The van der Waals surface area contributed by atoms with Crippen LogP contribution in [0.1, 0.15) is 5.56 Å². The second-order valence-corrected chi connectivity index (χ2v) is 4.56. The summed E-state index contributed by atoms with van der Waals surface area (Å²) in [6.45, 7) is 0. The van der Waals surface area contributed by atoms with E-state index in [0.717, 1.165) is 6.07 Å². The lowest BCUT2D eigenvalue weighted by Crippen LogP contribution is -2.12. The molecule has 0 fully saturated rings. The number of hydrogen-bond donors (Lipinski definition) is 0. The molecule has 0 atom stereocenters. The molecule has 0 unspecified atom stereocenters. The fraction of sp³-hybridized carbons (Fsp3) is 0.0833. The van der Waals surface area contributed by atoms with Gasteiger partial charge in [0.2, 0.25) is 0 Å². The van der Waals surface area contributed by atoms with Crippen LogP contribution in [0.15, 0.2) is 34.9 Å². The summed E-state index contributed by atoms with van der Waals surface area (Å²) in [5.41, 5.74) is -2.33. The van der Waals surface area contributed by atoms with Gasteiger partial charge in [-0.15, -0.1) is 0 Å². The maximum atomic E-state index is 13.8. The Morgan fingerprint density at radius 1 is 1.05 bits per heavy atom. The van der Waals surface area contributed by atoms with Gasteiger partial charge >= 0.3 is 6.18 Å². The normalized spacial score (nSPS) is 11.7. The highest BCUT2D eigenvalue weighted by atomic mass is 79.9. The number of hydrogen-bond acceptors (Lipinski definition) is 1. The molecule has 0 bridgehead atoms. The molecule has 1 heterocycles. The molecule has 2 rings (SSSR count). The van der Waals surface area contributed by atoms with Crippen LogP contribution in [0.25, 0.3) is 11.3 Å². The van der Waals surface area contributed by atoms with Gasteiger partial charge in [0.05, 0.1) is 5.69 Å². The van der Waals surface area contributed by atoms with Crippen LogP contribution in [0.2, 0.25) is 0 Å². The van der Waals surface area contributed by atoms with E-state index < -0.39 is 28.9 Å². The largest absolute Gasteiger partial charge is 0.422 e. The first-order chi connectivity index (χ1) is 8.80. The van der Waals surface area contributed by atoms with Crippen molar-refractivity contribution in [1.29, 1.82) is 0 Å². The summed E-state index contributed by atoms with van der Waals surface area (Å²) in [4.78, 5) is 3.76. The van der Waals surface area contributed by atoms with Crippen molar-refractivity contribution >= 4 is 15.9 Å². The highest BCUT2D eigenvalue weighted by Gasteiger charge is 2.38. The summed E-state index contributed by atoms with van der Waals surface area (Å²) in [6, 6.07) is 4.38. The highest BCUT2D eigenvalue weighted by Crippen LogP contribution is 2.37. The van der Waals surface area contributed by atoms with Crippen molar-refractivity contribution in [3.63, 3.8) is 0 Å². The third-order valence-corrected chi connectivity index (χ3v) is 2.87. The lowest BCUT2D eigenvalue weighted by molar-refractivity contribution is -0.142. The van der Waals surface area contributed by atoms with Gasteiger partial charge < -0.3 is 0 Å². The van der Waals surface area contributed by atoms with E-state index in [9.17, 15) is 22.0 Å². The van der Waals surface area contributed by atoms with Crippen LogP contribution in [-0.2, 0) is 6.18 Å². The first-order valence-electron chi connectivity index (χ1n) is 4.98. The van der Waals surface area contributed by atoms with E-state index in [-0.39, 0.29) is 5.69 Å². The van der Waals surface area contributed by atoms with Gasteiger partial charge in [-0.25, -0.2) is 8.78 Å². The van der Waals surface area contributed by atoms with E-state index in [4.69, 9.17) is 0 Å². The Hall–Kier alpha value is -1.50. The minimum Gasteiger partial charge on any atom is -0.256 e. The molecule has 0 spiro atoms. The van der Waals surface area contributed by atoms with Crippen LogP contribution in [0.5, 0.6) is 0 Å². The SMILES string of the molecule is Fc1ccc(-c2cc(Br)ccn2)c(F)c1C(F)(F)F. The van der Waals surface area contributed by atoms with Gasteiger partial charge in [0.15, 0.2) is 0 Å². The average Bonchev–Trinajstić information content (AvgIpc) is 2.27. The monoisotopic (exact) mass is 337 g/mol. The van der Waals surface area contributed by atoms with Crippen molar-refractivity contribution < 1.29 is 22.0 Å². The number of alkyl halides is 3. The van der Waals surface area contributed by atoms with Crippen LogP contribution in [0.4, 0.5) is 22.0 Å². The minimum absolute atomic E-state index is 0.0163. The Kier molecular flexibility index (Phi) is 3.58. The van der Waals surface area contributed by atoms with Gasteiger partial charge in [0.25, 0.3) is 0 Å². The Morgan fingerprint density at radius 2 is 1.74 bits per heavy atom. The molecule has 7 heteroatoms. The van der Waals surface area contributed by atoms with Crippen molar-refractivity contribution in [2.75, 3.05) is 0 Å². The molecule has 1 nitrogen and oxygen atoms in total. The standard InChI is InChI=1S/C12H5BrF5N/c13-6-3-4-19-9(5-6)7-1-2-8(14)10(11(7)15)12(16,17)18/h1-5H.